The van der Waals surface area contributed by atoms with Gasteiger partial charge in [-0.2, -0.15) is 0 Å². The number of hydrogen-bond donors (Lipinski definition) is 5. The molecule has 14 nitrogen and oxygen atoms in total. The van der Waals surface area contributed by atoms with E-state index in [9.17, 15) is 33.3 Å². The van der Waals surface area contributed by atoms with Crippen molar-refractivity contribution in [2.45, 2.75) is 80.6 Å². The molecule has 3 aliphatic rings. The summed E-state index contributed by atoms with van der Waals surface area (Å²) in [7, 11) is -2.26. The van der Waals surface area contributed by atoms with E-state index in [4.69, 9.17) is 23.7 Å². The number of sulfone groups is 1. The van der Waals surface area contributed by atoms with Crippen LogP contribution >= 0.6 is 0 Å². The van der Waals surface area contributed by atoms with E-state index in [1.54, 1.807) is 37.3 Å². The second-order valence-electron chi connectivity index (χ2n) is 11.5. The van der Waals surface area contributed by atoms with E-state index >= 15 is 0 Å². The van der Waals surface area contributed by atoms with Crippen LogP contribution in [0.2, 0.25) is 0 Å². The molecule has 5 N–H and O–H groups in total. The molecule has 0 spiro atoms. The summed E-state index contributed by atoms with van der Waals surface area (Å²) in [4.78, 5) is 25.4. The molecule has 10 atom stereocenters. The molecule has 0 aromatic heterocycles. The number of methoxy groups -OCH3 is 1. The number of carbonyl (C=O) groups is 2. The van der Waals surface area contributed by atoms with Crippen LogP contribution < -0.4 is 15.4 Å². The molecule has 15 heteroatoms. The molecule has 3 aliphatic heterocycles. The van der Waals surface area contributed by atoms with Gasteiger partial charge in [-0.15, -0.1) is 0 Å². The highest BCUT2D eigenvalue weighted by Gasteiger charge is 2.49. The average Bonchev–Trinajstić information content (AvgIpc) is 2.98. The molecule has 2 aromatic carbocycles. The highest BCUT2D eigenvalue weighted by Crippen LogP contribution is 2.47. The molecule has 2 fully saturated rings. The Labute approximate surface area is 260 Å². The van der Waals surface area contributed by atoms with E-state index in [-0.39, 0.29) is 17.9 Å². The van der Waals surface area contributed by atoms with Gasteiger partial charge in [-0.25, -0.2) is 8.42 Å². The van der Waals surface area contributed by atoms with Gasteiger partial charge in [0.05, 0.1) is 24.9 Å². The van der Waals surface area contributed by atoms with Gasteiger partial charge in [-0.05, 0) is 19.1 Å². The van der Waals surface area contributed by atoms with E-state index in [0.717, 1.165) is 6.26 Å². The van der Waals surface area contributed by atoms with Crippen molar-refractivity contribution < 1.29 is 57.0 Å². The maximum atomic E-state index is 13.6. The number of fused-ring (bicyclic) bond motifs is 2. The largest absolute Gasteiger partial charge is 0.457 e. The smallest absolute Gasteiger partial charge is 0.256 e. The fraction of sp³-hybridized carbons (Fsp3) is 0.533. The minimum atomic E-state index is -3.57. The lowest BCUT2D eigenvalue weighted by molar-refractivity contribution is -0.293. The highest BCUT2D eigenvalue weighted by molar-refractivity contribution is 7.91. The lowest BCUT2D eigenvalue weighted by Gasteiger charge is -2.46. The summed E-state index contributed by atoms with van der Waals surface area (Å²) in [5, 5.41) is 35.9. The summed E-state index contributed by atoms with van der Waals surface area (Å²) < 4.78 is 54.6. The number of hydrogen-bond acceptors (Lipinski definition) is 12. The van der Waals surface area contributed by atoms with Gasteiger partial charge in [0.2, 0.25) is 5.91 Å². The first-order chi connectivity index (χ1) is 21.3. The Hall–Kier alpha value is -3.15. The van der Waals surface area contributed by atoms with Gasteiger partial charge in [-0.1, -0.05) is 24.3 Å². The number of benzene rings is 2. The van der Waals surface area contributed by atoms with Crippen molar-refractivity contribution in [1.82, 2.24) is 5.32 Å². The van der Waals surface area contributed by atoms with E-state index < -0.39 is 88.6 Å². The number of anilines is 1. The van der Waals surface area contributed by atoms with E-state index in [0.29, 0.717) is 16.9 Å². The molecule has 2 saturated heterocycles. The highest BCUT2D eigenvalue weighted by atomic mass is 32.2. The predicted octanol–water partition coefficient (Wildman–Crippen LogP) is 0.386. The van der Waals surface area contributed by atoms with Gasteiger partial charge >= 0.3 is 0 Å². The summed E-state index contributed by atoms with van der Waals surface area (Å²) >= 11 is 0. The average molecular weight is 651 g/mol. The summed E-state index contributed by atoms with van der Waals surface area (Å²) in [6.07, 6.45) is -8.03. The summed E-state index contributed by atoms with van der Waals surface area (Å²) in [5.74, 6) is -0.466. The topological polar surface area (TPSA) is 199 Å². The molecule has 2 amide bonds. The first-order valence-corrected chi connectivity index (χ1v) is 16.4. The first-order valence-electron chi connectivity index (χ1n) is 14.5. The van der Waals surface area contributed by atoms with Crippen LogP contribution in [0, 0.1) is 0 Å². The minimum Gasteiger partial charge on any atom is -0.457 e. The van der Waals surface area contributed by atoms with Gasteiger partial charge in [0.15, 0.2) is 22.2 Å². The molecular formula is C30H38N2O12S. The van der Waals surface area contributed by atoms with Crippen molar-refractivity contribution in [3.8, 4) is 11.5 Å². The van der Waals surface area contributed by atoms with Crippen LogP contribution in [0.25, 0.3) is 0 Å². The zero-order valence-electron chi connectivity index (χ0n) is 25.2. The monoisotopic (exact) mass is 650 g/mol. The number of ether oxygens (including phenoxy) is 5. The van der Waals surface area contributed by atoms with Crippen LogP contribution in [0.1, 0.15) is 36.6 Å². The van der Waals surface area contributed by atoms with Crippen LogP contribution in [0.5, 0.6) is 11.5 Å². The summed E-state index contributed by atoms with van der Waals surface area (Å²) in [6, 6.07) is 10.6. The molecule has 2 aromatic rings. The molecule has 0 saturated carbocycles. The van der Waals surface area contributed by atoms with Gasteiger partial charge in [-0.3, -0.25) is 9.59 Å². The zero-order valence-corrected chi connectivity index (χ0v) is 26.0. The van der Waals surface area contributed by atoms with Gasteiger partial charge < -0.3 is 49.6 Å². The van der Waals surface area contributed by atoms with Crippen LogP contribution in [-0.2, 0) is 38.4 Å². The number of carbonyl (C=O) groups excluding carboxylic acids is 2. The Morgan fingerprint density at radius 1 is 1.04 bits per heavy atom. The summed E-state index contributed by atoms with van der Waals surface area (Å²) in [6.45, 7) is 2.44. The van der Waals surface area contributed by atoms with Crippen molar-refractivity contribution in [2.75, 3.05) is 25.3 Å². The zero-order chi connectivity index (χ0) is 32.6. The number of aliphatic hydroxyl groups is 3. The third-order valence-electron chi connectivity index (χ3n) is 8.18. The van der Waals surface area contributed by atoms with Crippen molar-refractivity contribution >= 4 is 27.3 Å². The standard InChI is InChI=1S/C30H38N2O12S/c1-14-24(31-15(2)34)27(25(36)22(13-33)41-14)43-23-12-19(35)26(40-3)28(44-23)30(37)32-16-9-10-18-21(11-16)42-20-8-6-5-7-17(20)29(18)45(4,38)39/h5-11,14,19,22-29,33,35-36H,12-13H2,1-4H3,(H,31,34)(H,32,37). The van der Waals surface area contributed by atoms with Crippen LogP contribution in [0.4, 0.5) is 5.69 Å². The van der Waals surface area contributed by atoms with E-state index in [1.165, 1.54) is 26.2 Å². The molecule has 3 heterocycles. The number of nitrogens with one attached hydrogen (secondary N) is 2. The van der Waals surface area contributed by atoms with E-state index in [1.807, 2.05) is 0 Å². The first kappa shape index (κ1) is 33.2. The molecule has 0 aliphatic carbocycles. The van der Waals surface area contributed by atoms with Crippen molar-refractivity contribution in [3.63, 3.8) is 0 Å². The Balaban J connectivity index is 1.36. The predicted molar refractivity (Wildman–Crippen MR) is 158 cm³/mol. The molecule has 0 radical (unpaired) electrons. The Morgan fingerprint density at radius 2 is 1.76 bits per heavy atom. The van der Waals surface area contributed by atoms with Gasteiger partial charge in [0, 0.05) is 49.6 Å². The summed E-state index contributed by atoms with van der Waals surface area (Å²) in [5.41, 5.74) is 1.20. The Morgan fingerprint density at radius 3 is 2.42 bits per heavy atom. The van der Waals surface area contributed by atoms with Crippen LogP contribution in [-0.4, -0.2) is 111 Å². The number of para-hydroxylation sites is 1. The molecule has 5 rings (SSSR count). The second-order valence-corrected chi connectivity index (χ2v) is 13.6. The molecule has 45 heavy (non-hydrogen) atoms. The van der Waals surface area contributed by atoms with Crippen LogP contribution in [0.15, 0.2) is 42.5 Å². The third-order valence-corrected chi connectivity index (χ3v) is 9.54. The van der Waals surface area contributed by atoms with Crippen LogP contribution in [0.3, 0.4) is 0 Å². The van der Waals surface area contributed by atoms with Crippen molar-refractivity contribution in [1.29, 1.82) is 0 Å². The Bertz CT molecular complexity index is 1520. The quantitative estimate of drug-likeness (QED) is 0.264. The molecule has 0 bridgehead atoms. The molecule has 10 unspecified atom stereocenters. The number of amides is 2. The lowest BCUT2D eigenvalue weighted by atomic mass is 9.92. The van der Waals surface area contributed by atoms with Crippen molar-refractivity contribution in [3.05, 3.63) is 53.6 Å². The lowest BCUT2D eigenvalue weighted by Crippen LogP contribution is -2.65. The van der Waals surface area contributed by atoms with Gasteiger partial charge in [0.1, 0.15) is 41.2 Å². The maximum Gasteiger partial charge on any atom is 0.256 e. The Kier molecular flexibility index (Phi) is 9.82. The van der Waals surface area contributed by atoms with E-state index in [2.05, 4.69) is 10.6 Å². The van der Waals surface area contributed by atoms with Crippen molar-refractivity contribution in [2.24, 2.45) is 0 Å². The fourth-order valence-corrected chi connectivity index (χ4v) is 7.45. The number of rotatable bonds is 8. The fourth-order valence-electron chi connectivity index (χ4n) is 6.13. The normalized spacial score (nSPS) is 32.9. The molecule has 246 valence electrons. The maximum absolute atomic E-state index is 13.6. The third kappa shape index (κ3) is 6.85. The van der Waals surface area contributed by atoms with Gasteiger partial charge in [0.25, 0.3) is 5.91 Å². The molecular weight excluding hydrogens is 612 g/mol. The second kappa shape index (κ2) is 13.3. The number of aliphatic hydroxyl groups excluding tert-OH is 3. The SMILES string of the molecule is COC1C(O)CC(OC2C(O)C(CO)OC(C)C2NC(C)=O)OC1C(=O)Nc1ccc2c(c1)Oc1ccccc1C2S(C)(=O)=O. The minimum absolute atomic E-state index is 0.129.